The number of methoxy groups -OCH3 is 1. The number of nitrogens with zero attached hydrogens (tertiary/aromatic N) is 1. The first kappa shape index (κ1) is 14.3. The van der Waals surface area contributed by atoms with E-state index in [2.05, 4.69) is 31.3 Å². The Labute approximate surface area is 119 Å². The Morgan fingerprint density at radius 3 is 2.79 bits per heavy atom. The second kappa shape index (κ2) is 6.85. The molecule has 2 atom stereocenters. The first-order valence-corrected chi connectivity index (χ1v) is 7.82. The van der Waals surface area contributed by atoms with Gasteiger partial charge < -0.3 is 10.1 Å². The van der Waals surface area contributed by atoms with E-state index in [1.54, 1.807) is 7.11 Å². The molecule has 0 radical (unpaired) electrons. The zero-order valence-electron chi connectivity index (χ0n) is 11.8. The number of aliphatic imine (C=N–C) groups is 1. The summed E-state index contributed by atoms with van der Waals surface area (Å²) in [6.07, 6.45) is 2.33. The SMILES string of the molecule is CCC1CCSC(NC(C)c2ccc(OC)cc2)=N1. The number of hydrogen-bond donors (Lipinski definition) is 1. The van der Waals surface area contributed by atoms with Crippen LogP contribution in [0.4, 0.5) is 0 Å². The number of nitrogens with one attached hydrogen (secondary N) is 1. The third-order valence-electron chi connectivity index (χ3n) is 3.42. The van der Waals surface area contributed by atoms with Gasteiger partial charge in [-0.2, -0.15) is 0 Å². The van der Waals surface area contributed by atoms with Crippen molar-refractivity contribution in [3.05, 3.63) is 29.8 Å². The molecule has 1 aromatic rings. The van der Waals surface area contributed by atoms with Crippen LogP contribution in [0.5, 0.6) is 5.75 Å². The number of benzene rings is 1. The van der Waals surface area contributed by atoms with Crippen molar-refractivity contribution in [2.45, 2.75) is 38.8 Å². The molecule has 0 aromatic heterocycles. The number of rotatable bonds is 4. The fraction of sp³-hybridized carbons (Fsp3) is 0.533. The van der Waals surface area contributed by atoms with Gasteiger partial charge in [0, 0.05) is 5.75 Å². The van der Waals surface area contributed by atoms with E-state index >= 15 is 0 Å². The molecule has 2 unspecified atom stereocenters. The zero-order valence-corrected chi connectivity index (χ0v) is 12.7. The van der Waals surface area contributed by atoms with E-state index < -0.39 is 0 Å². The Balaban J connectivity index is 1.99. The summed E-state index contributed by atoms with van der Waals surface area (Å²) in [7, 11) is 1.69. The van der Waals surface area contributed by atoms with Gasteiger partial charge in [0.1, 0.15) is 5.75 Å². The van der Waals surface area contributed by atoms with E-state index in [0.717, 1.165) is 17.3 Å². The first-order chi connectivity index (χ1) is 9.22. The molecule has 104 valence electrons. The van der Waals surface area contributed by atoms with Gasteiger partial charge in [0.05, 0.1) is 19.2 Å². The lowest BCUT2D eigenvalue weighted by atomic mass is 10.1. The summed E-state index contributed by atoms with van der Waals surface area (Å²) < 4.78 is 5.18. The lowest BCUT2D eigenvalue weighted by molar-refractivity contribution is 0.414. The third kappa shape index (κ3) is 3.90. The summed E-state index contributed by atoms with van der Waals surface area (Å²) in [6, 6.07) is 8.96. The number of ether oxygens (including phenoxy) is 1. The standard InChI is InChI=1S/C15H22N2OS/c1-4-13-9-10-19-15(17-13)16-11(2)12-5-7-14(18-3)8-6-12/h5-8,11,13H,4,9-10H2,1-3H3,(H,16,17). The van der Waals surface area contributed by atoms with Crippen molar-refractivity contribution in [3.8, 4) is 5.75 Å². The molecule has 3 nitrogen and oxygen atoms in total. The van der Waals surface area contributed by atoms with Crippen molar-refractivity contribution in [3.63, 3.8) is 0 Å². The predicted molar refractivity (Wildman–Crippen MR) is 83.1 cm³/mol. The smallest absolute Gasteiger partial charge is 0.157 e. The Kier molecular flexibility index (Phi) is 5.14. The van der Waals surface area contributed by atoms with Crippen LogP contribution in [-0.4, -0.2) is 24.1 Å². The van der Waals surface area contributed by atoms with Crippen LogP contribution in [0.1, 0.15) is 38.3 Å². The third-order valence-corrected chi connectivity index (χ3v) is 4.35. The summed E-state index contributed by atoms with van der Waals surface area (Å²) in [6.45, 7) is 4.37. The highest BCUT2D eigenvalue weighted by molar-refractivity contribution is 8.13. The van der Waals surface area contributed by atoms with Gasteiger partial charge in [-0.1, -0.05) is 30.8 Å². The fourth-order valence-electron chi connectivity index (χ4n) is 2.09. The lowest BCUT2D eigenvalue weighted by Crippen LogP contribution is -2.28. The highest BCUT2D eigenvalue weighted by Crippen LogP contribution is 2.22. The Bertz CT molecular complexity index is 430. The Morgan fingerprint density at radius 2 is 2.16 bits per heavy atom. The van der Waals surface area contributed by atoms with Gasteiger partial charge >= 0.3 is 0 Å². The van der Waals surface area contributed by atoms with Gasteiger partial charge in [-0.05, 0) is 37.5 Å². The van der Waals surface area contributed by atoms with Gasteiger partial charge in [-0.3, -0.25) is 4.99 Å². The minimum Gasteiger partial charge on any atom is -0.497 e. The Hall–Kier alpha value is -1.16. The second-order valence-electron chi connectivity index (χ2n) is 4.77. The van der Waals surface area contributed by atoms with Crippen LogP contribution < -0.4 is 10.1 Å². The molecule has 0 amide bonds. The van der Waals surface area contributed by atoms with Gasteiger partial charge in [-0.15, -0.1) is 0 Å². The number of amidine groups is 1. The average Bonchev–Trinajstić information content (AvgIpc) is 2.47. The minimum absolute atomic E-state index is 0.271. The fourth-order valence-corrected chi connectivity index (χ4v) is 3.16. The first-order valence-electron chi connectivity index (χ1n) is 6.84. The molecule has 1 heterocycles. The average molecular weight is 278 g/mol. The maximum Gasteiger partial charge on any atom is 0.157 e. The molecular weight excluding hydrogens is 256 g/mol. The van der Waals surface area contributed by atoms with E-state index in [1.165, 1.54) is 17.7 Å². The molecule has 0 saturated carbocycles. The van der Waals surface area contributed by atoms with E-state index in [9.17, 15) is 0 Å². The molecule has 19 heavy (non-hydrogen) atoms. The zero-order chi connectivity index (χ0) is 13.7. The van der Waals surface area contributed by atoms with Crippen LogP contribution in [0.15, 0.2) is 29.3 Å². The molecule has 4 heteroatoms. The maximum absolute atomic E-state index is 5.18. The summed E-state index contributed by atoms with van der Waals surface area (Å²) in [4.78, 5) is 4.74. The predicted octanol–water partition coefficient (Wildman–Crippen LogP) is 3.62. The highest BCUT2D eigenvalue weighted by Gasteiger charge is 2.16. The molecule has 0 aliphatic carbocycles. The molecule has 0 saturated heterocycles. The number of hydrogen-bond acceptors (Lipinski definition) is 4. The van der Waals surface area contributed by atoms with Gasteiger partial charge in [0.25, 0.3) is 0 Å². The van der Waals surface area contributed by atoms with E-state index in [0.29, 0.717) is 6.04 Å². The van der Waals surface area contributed by atoms with Crippen LogP contribution in [-0.2, 0) is 0 Å². The molecule has 1 aliphatic rings. The van der Waals surface area contributed by atoms with Crippen molar-refractivity contribution < 1.29 is 4.74 Å². The monoisotopic (exact) mass is 278 g/mol. The number of thioether (sulfide) groups is 1. The molecule has 1 aromatic carbocycles. The van der Waals surface area contributed by atoms with Crippen LogP contribution in [0.25, 0.3) is 0 Å². The van der Waals surface area contributed by atoms with Gasteiger partial charge in [0.15, 0.2) is 5.17 Å². The van der Waals surface area contributed by atoms with E-state index in [-0.39, 0.29) is 6.04 Å². The van der Waals surface area contributed by atoms with Crippen LogP contribution >= 0.6 is 11.8 Å². The topological polar surface area (TPSA) is 33.6 Å². The van der Waals surface area contributed by atoms with Crippen molar-refractivity contribution in [1.82, 2.24) is 5.32 Å². The second-order valence-corrected chi connectivity index (χ2v) is 5.86. The van der Waals surface area contributed by atoms with E-state index in [4.69, 9.17) is 9.73 Å². The summed E-state index contributed by atoms with van der Waals surface area (Å²) in [5.41, 5.74) is 1.25. The van der Waals surface area contributed by atoms with E-state index in [1.807, 2.05) is 23.9 Å². The molecule has 0 bridgehead atoms. The lowest BCUT2D eigenvalue weighted by Gasteiger charge is -2.23. The summed E-state index contributed by atoms with van der Waals surface area (Å²) in [5.74, 6) is 2.06. The maximum atomic E-state index is 5.18. The Morgan fingerprint density at radius 1 is 1.42 bits per heavy atom. The van der Waals surface area contributed by atoms with Crippen molar-refractivity contribution in [1.29, 1.82) is 0 Å². The molecule has 0 fully saturated rings. The van der Waals surface area contributed by atoms with Gasteiger partial charge in [-0.25, -0.2) is 0 Å². The molecule has 1 aliphatic heterocycles. The molecule has 2 rings (SSSR count). The van der Waals surface area contributed by atoms with Crippen LogP contribution in [0.3, 0.4) is 0 Å². The van der Waals surface area contributed by atoms with Gasteiger partial charge in [0.2, 0.25) is 0 Å². The van der Waals surface area contributed by atoms with Crippen molar-refractivity contribution in [2.24, 2.45) is 4.99 Å². The summed E-state index contributed by atoms with van der Waals surface area (Å²) in [5, 5.41) is 4.59. The summed E-state index contributed by atoms with van der Waals surface area (Å²) >= 11 is 1.83. The molecule has 1 N–H and O–H groups in total. The molecule has 0 spiro atoms. The quantitative estimate of drug-likeness (QED) is 0.913. The van der Waals surface area contributed by atoms with Crippen molar-refractivity contribution in [2.75, 3.05) is 12.9 Å². The van der Waals surface area contributed by atoms with Crippen molar-refractivity contribution >= 4 is 16.9 Å². The minimum atomic E-state index is 0.271. The van der Waals surface area contributed by atoms with Crippen LogP contribution in [0.2, 0.25) is 0 Å². The molecular formula is C15H22N2OS. The largest absolute Gasteiger partial charge is 0.497 e. The normalized spacial score (nSPS) is 20.6. The van der Waals surface area contributed by atoms with Crippen LogP contribution in [0, 0.1) is 0 Å². The highest BCUT2D eigenvalue weighted by atomic mass is 32.2.